The molecule has 33 heavy (non-hydrogen) atoms. The minimum atomic E-state index is -0.598. The highest BCUT2D eigenvalue weighted by molar-refractivity contribution is 5.82. The maximum Gasteiger partial charge on any atom is 0.409 e. The van der Waals surface area contributed by atoms with Gasteiger partial charge in [0.25, 0.3) is 5.56 Å². The maximum atomic E-state index is 13.0. The van der Waals surface area contributed by atoms with Crippen LogP contribution in [0.3, 0.4) is 0 Å². The van der Waals surface area contributed by atoms with Gasteiger partial charge >= 0.3 is 11.8 Å². The number of hydrogen-bond donors (Lipinski definition) is 1. The monoisotopic (exact) mass is 462 g/mol. The van der Waals surface area contributed by atoms with Gasteiger partial charge in [0.15, 0.2) is 11.5 Å². The molecule has 1 aromatic carbocycles. The molecule has 11 nitrogen and oxygen atoms in total. The average molecular weight is 463 g/mol. The number of H-pyrrole nitrogens is 1. The fraction of sp³-hybridized carbons (Fsp3) is 0.545. The van der Waals surface area contributed by atoms with Gasteiger partial charge in [-0.1, -0.05) is 0 Å². The molecule has 0 saturated carbocycles. The highest BCUT2D eigenvalue weighted by Gasteiger charge is 2.25. The lowest BCUT2D eigenvalue weighted by molar-refractivity contribution is -0.133. The Morgan fingerprint density at radius 1 is 0.909 bits per heavy atom. The highest BCUT2D eigenvalue weighted by Crippen LogP contribution is 2.30. The Kier molecular flexibility index (Phi) is 7.96. The largest absolute Gasteiger partial charge is 0.490 e. The van der Waals surface area contributed by atoms with Crippen molar-refractivity contribution in [3.8, 4) is 11.5 Å². The number of nitrogens with zero attached hydrogens (tertiary/aromatic N) is 3. The third-order valence-electron chi connectivity index (χ3n) is 5.35. The van der Waals surface area contributed by atoms with Gasteiger partial charge in [0, 0.05) is 45.2 Å². The first-order valence-corrected chi connectivity index (χ1v) is 11.2. The second kappa shape index (κ2) is 10.9. The van der Waals surface area contributed by atoms with E-state index in [4.69, 9.17) is 14.2 Å². The minimum absolute atomic E-state index is 0.0107. The van der Waals surface area contributed by atoms with E-state index < -0.39 is 17.3 Å². The summed E-state index contributed by atoms with van der Waals surface area (Å²) in [4.78, 5) is 55.9. The molecule has 0 bridgehead atoms. The summed E-state index contributed by atoms with van der Waals surface area (Å²) in [5, 5.41) is 0.275. The smallest absolute Gasteiger partial charge is 0.409 e. The molecule has 0 atom stereocenters. The molecule has 2 aromatic rings. The van der Waals surface area contributed by atoms with E-state index in [9.17, 15) is 19.2 Å². The molecule has 0 radical (unpaired) electrons. The Morgan fingerprint density at radius 3 is 2.12 bits per heavy atom. The second-order valence-corrected chi connectivity index (χ2v) is 7.41. The van der Waals surface area contributed by atoms with Crippen LogP contribution in [0.4, 0.5) is 4.79 Å². The van der Waals surface area contributed by atoms with Crippen molar-refractivity contribution in [2.24, 2.45) is 0 Å². The zero-order valence-corrected chi connectivity index (χ0v) is 19.2. The molecule has 1 aliphatic heterocycles. The number of aromatic nitrogens is 2. The average Bonchev–Trinajstić information content (AvgIpc) is 2.80. The first kappa shape index (κ1) is 24.1. The quantitative estimate of drug-likeness (QED) is 0.625. The van der Waals surface area contributed by atoms with E-state index in [1.54, 1.807) is 28.9 Å². The molecule has 1 aliphatic rings. The number of aromatic amines is 1. The van der Waals surface area contributed by atoms with Crippen LogP contribution in [0.5, 0.6) is 11.5 Å². The molecule has 0 unspecified atom stereocenters. The normalized spacial score (nSPS) is 13.8. The van der Waals surface area contributed by atoms with Gasteiger partial charge in [0.2, 0.25) is 5.91 Å². The number of rotatable bonds is 8. The van der Waals surface area contributed by atoms with E-state index in [1.807, 2.05) is 13.8 Å². The number of piperazine rings is 1. The molecule has 0 spiro atoms. The van der Waals surface area contributed by atoms with E-state index >= 15 is 0 Å². The Labute approximate surface area is 190 Å². The lowest BCUT2D eigenvalue weighted by Gasteiger charge is -2.34. The van der Waals surface area contributed by atoms with E-state index in [1.165, 1.54) is 0 Å². The van der Waals surface area contributed by atoms with Gasteiger partial charge in [-0.2, -0.15) is 0 Å². The van der Waals surface area contributed by atoms with E-state index in [2.05, 4.69) is 4.98 Å². The standard InChI is InChI=1S/C22H30N4O7/c1-4-31-17-13-15-16(14-18(17)32-5-2)23-21(29)26(20(15)28)8-7-19(27)24-9-11-25(12-10-24)22(30)33-6-3/h13-14H,4-12H2,1-3H3,(H,23,29). The molecular formula is C22H30N4O7. The highest BCUT2D eigenvalue weighted by atomic mass is 16.6. The van der Waals surface area contributed by atoms with Crippen LogP contribution in [0.1, 0.15) is 27.2 Å². The molecule has 0 aliphatic carbocycles. The van der Waals surface area contributed by atoms with Crippen LogP contribution < -0.4 is 20.7 Å². The summed E-state index contributed by atoms with van der Waals surface area (Å²) < 4.78 is 17.1. The van der Waals surface area contributed by atoms with Gasteiger partial charge in [0.05, 0.1) is 30.7 Å². The molecule has 11 heteroatoms. The van der Waals surface area contributed by atoms with Crippen LogP contribution in [0.2, 0.25) is 0 Å². The van der Waals surface area contributed by atoms with Gasteiger partial charge in [-0.05, 0) is 26.8 Å². The van der Waals surface area contributed by atoms with Gasteiger partial charge in [-0.15, -0.1) is 0 Å². The molecule has 1 saturated heterocycles. The fourth-order valence-electron chi connectivity index (χ4n) is 3.72. The fourth-order valence-corrected chi connectivity index (χ4v) is 3.72. The molecule has 1 N–H and O–H groups in total. The number of nitrogens with one attached hydrogen (secondary N) is 1. The second-order valence-electron chi connectivity index (χ2n) is 7.41. The zero-order valence-electron chi connectivity index (χ0n) is 19.2. The number of benzene rings is 1. The lowest BCUT2D eigenvalue weighted by Crippen LogP contribution is -2.51. The summed E-state index contributed by atoms with van der Waals surface area (Å²) in [5.41, 5.74) is -0.758. The third-order valence-corrected chi connectivity index (χ3v) is 5.35. The van der Waals surface area contributed by atoms with Gasteiger partial charge in [-0.25, -0.2) is 9.59 Å². The van der Waals surface area contributed by atoms with Crippen molar-refractivity contribution in [3.63, 3.8) is 0 Å². The predicted octanol–water partition coefficient (Wildman–Crippen LogP) is 1.18. The third kappa shape index (κ3) is 5.47. The van der Waals surface area contributed by atoms with E-state index in [0.717, 1.165) is 4.57 Å². The van der Waals surface area contributed by atoms with Crippen LogP contribution in [0, 0.1) is 0 Å². The SMILES string of the molecule is CCOC(=O)N1CCN(C(=O)CCn2c(=O)[nH]c3cc(OCC)c(OCC)cc3c2=O)CC1. The van der Waals surface area contributed by atoms with Gasteiger partial charge in [0.1, 0.15) is 0 Å². The van der Waals surface area contributed by atoms with Crippen molar-refractivity contribution in [1.29, 1.82) is 0 Å². The van der Waals surface area contributed by atoms with Crippen LogP contribution in [-0.2, 0) is 16.1 Å². The Hall–Kier alpha value is -3.50. The summed E-state index contributed by atoms with van der Waals surface area (Å²) in [5.74, 6) is 0.668. The molecular weight excluding hydrogens is 432 g/mol. The summed E-state index contributed by atoms with van der Waals surface area (Å²) in [7, 11) is 0. The lowest BCUT2D eigenvalue weighted by atomic mass is 10.2. The maximum absolute atomic E-state index is 13.0. The Morgan fingerprint density at radius 2 is 1.52 bits per heavy atom. The Bertz CT molecular complexity index is 1120. The zero-order chi connectivity index (χ0) is 24.0. The minimum Gasteiger partial charge on any atom is -0.490 e. The van der Waals surface area contributed by atoms with Crippen molar-refractivity contribution in [3.05, 3.63) is 33.0 Å². The number of fused-ring (bicyclic) bond motifs is 1. The van der Waals surface area contributed by atoms with E-state index in [0.29, 0.717) is 63.0 Å². The van der Waals surface area contributed by atoms with Gasteiger partial charge in [-0.3, -0.25) is 14.2 Å². The molecule has 180 valence electrons. The van der Waals surface area contributed by atoms with Crippen LogP contribution in [-0.4, -0.2) is 77.4 Å². The number of carbonyl (C=O) groups is 2. The van der Waals surface area contributed by atoms with Crippen molar-refractivity contribution < 1.29 is 23.8 Å². The van der Waals surface area contributed by atoms with Crippen LogP contribution >= 0.6 is 0 Å². The first-order valence-electron chi connectivity index (χ1n) is 11.2. The number of ether oxygens (including phenoxy) is 3. The van der Waals surface area contributed by atoms with Crippen LogP contribution in [0.15, 0.2) is 21.7 Å². The first-order chi connectivity index (χ1) is 15.9. The molecule has 2 heterocycles. The summed E-state index contributed by atoms with van der Waals surface area (Å²) in [6.07, 6.45) is -0.402. The number of carbonyl (C=O) groups excluding carboxylic acids is 2. The van der Waals surface area contributed by atoms with Crippen molar-refractivity contribution >= 4 is 22.9 Å². The topological polar surface area (TPSA) is 123 Å². The number of hydrogen-bond acceptors (Lipinski definition) is 7. The van der Waals surface area contributed by atoms with Crippen LogP contribution in [0.25, 0.3) is 10.9 Å². The molecule has 3 rings (SSSR count). The molecule has 1 aromatic heterocycles. The van der Waals surface area contributed by atoms with Crippen molar-refractivity contribution in [2.45, 2.75) is 33.7 Å². The van der Waals surface area contributed by atoms with Crippen molar-refractivity contribution in [2.75, 3.05) is 46.0 Å². The summed E-state index contributed by atoms with van der Waals surface area (Å²) in [6.45, 7) is 7.93. The molecule has 1 fully saturated rings. The summed E-state index contributed by atoms with van der Waals surface area (Å²) >= 11 is 0. The predicted molar refractivity (Wildman–Crippen MR) is 121 cm³/mol. The Balaban J connectivity index is 1.73. The van der Waals surface area contributed by atoms with E-state index in [-0.39, 0.29) is 24.3 Å². The molecule has 2 amide bonds. The number of amides is 2. The van der Waals surface area contributed by atoms with Crippen molar-refractivity contribution in [1.82, 2.24) is 19.4 Å². The van der Waals surface area contributed by atoms with Gasteiger partial charge < -0.3 is 29.0 Å². The summed E-state index contributed by atoms with van der Waals surface area (Å²) in [6, 6.07) is 3.13.